The van der Waals surface area contributed by atoms with Crippen LogP contribution in [-0.4, -0.2) is 42.0 Å². The number of aryl methyl sites for hydroxylation is 1. The number of hydrogen-bond acceptors (Lipinski definition) is 4. The van der Waals surface area contributed by atoms with Gasteiger partial charge in [-0.05, 0) is 93.2 Å². The normalized spacial score (nSPS) is 19.4. The largest absolute Gasteiger partial charge is 0.492 e. The van der Waals surface area contributed by atoms with Crippen LogP contribution in [0.15, 0.2) is 55.2 Å². The molecule has 2 aliphatic rings. The van der Waals surface area contributed by atoms with Crippen LogP contribution < -0.4 is 10.1 Å². The molecule has 170 valence electrons. The molecule has 1 unspecified atom stereocenters. The third-order valence-electron chi connectivity index (χ3n) is 7.16. The highest BCUT2D eigenvalue weighted by molar-refractivity contribution is 5.97. The molecule has 5 rings (SSSR count). The second-order valence-corrected chi connectivity index (χ2v) is 9.44. The summed E-state index contributed by atoms with van der Waals surface area (Å²) in [4.78, 5) is 20.3. The van der Waals surface area contributed by atoms with E-state index in [1.165, 1.54) is 6.42 Å². The molecule has 2 heterocycles. The number of likely N-dealkylation sites (tertiary alicyclic amines) is 1. The fraction of sp³-hybridized carbons (Fsp3) is 0.357. The van der Waals surface area contributed by atoms with Gasteiger partial charge < -0.3 is 15.0 Å². The molecule has 2 fully saturated rings. The number of fused-ring (bicyclic) bond motifs is 1. The predicted octanol–water partition coefficient (Wildman–Crippen LogP) is 5.08. The van der Waals surface area contributed by atoms with Crippen LogP contribution in [0.25, 0.3) is 17.0 Å². The van der Waals surface area contributed by atoms with E-state index in [0.29, 0.717) is 18.2 Å². The van der Waals surface area contributed by atoms with Crippen LogP contribution in [0.3, 0.4) is 0 Å². The molecule has 1 saturated carbocycles. The summed E-state index contributed by atoms with van der Waals surface area (Å²) in [5.74, 6) is 0.689. The van der Waals surface area contributed by atoms with E-state index in [0.717, 1.165) is 59.2 Å². The summed E-state index contributed by atoms with van der Waals surface area (Å²) in [6, 6.07) is 14.5. The van der Waals surface area contributed by atoms with Crippen LogP contribution in [-0.2, 0) is 5.54 Å². The summed E-state index contributed by atoms with van der Waals surface area (Å²) in [5.41, 5.74) is 4.30. The highest BCUT2D eigenvalue weighted by atomic mass is 16.5. The van der Waals surface area contributed by atoms with E-state index in [-0.39, 0.29) is 11.4 Å². The van der Waals surface area contributed by atoms with Gasteiger partial charge in [0.2, 0.25) is 0 Å². The lowest BCUT2D eigenvalue weighted by Crippen LogP contribution is -2.35. The Morgan fingerprint density at radius 3 is 2.88 bits per heavy atom. The molecule has 5 nitrogen and oxygen atoms in total. The Bertz CT molecular complexity index is 1210. The molecule has 2 aromatic carbocycles. The molecule has 1 amide bonds. The van der Waals surface area contributed by atoms with Crippen LogP contribution in [0, 0.1) is 6.92 Å². The molecule has 1 aromatic heterocycles. The maximum absolute atomic E-state index is 13.4. The smallest absolute Gasteiger partial charge is 0.252 e. The van der Waals surface area contributed by atoms with E-state index in [1.54, 1.807) is 6.20 Å². The van der Waals surface area contributed by atoms with E-state index < -0.39 is 0 Å². The number of carbonyl (C=O) groups is 1. The first-order valence-electron chi connectivity index (χ1n) is 11.8. The van der Waals surface area contributed by atoms with Crippen molar-refractivity contribution in [1.82, 2.24) is 15.2 Å². The standard InChI is InChI=1S/C28H31N3O2/c1-4-20-15-25(23-8-5-13-29-26(23)16-20)28(11-12-28)30-27(32)24-17-22(10-9-19(24)2)33-18-21-7-6-14-31(21)3/h4-5,8-10,13,15-17,21H,1,6-7,11-12,14,18H2,2-3H3,(H,30,32). The van der Waals surface area contributed by atoms with Gasteiger partial charge in [-0.25, -0.2) is 0 Å². The van der Waals surface area contributed by atoms with Gasteiger partial charge in [-0.1, -0.05) is 24.8 Å². The first-order valence-corrected chi connectivity index (χ1v) is 11.8. The summed E-state index contributed by atoms with van der Waals surface area (Å²) in [6.07, 6.45) is 7.83. The molecule has 1 aliphatic heterocycles. The number of pyridine rings is 1. The number of likely N-dealkylation sites (N-methyl/N-ethyl adjacent to an activating group) is 1. The van der Waals surface area contributed by atoms with Crippen molar-refractivity contribution in [2.24, 2.45) is 0 Å². The molecular weight excluding hydrogens is 410 g/mol. The Morgan fingerprint density at radius 2 is 2.15 bits per heavy atom. The number of hydrogen-bond donors (Lipinski definition) is 1. The van der Waals surface area contributed by atoms with E-state index in [2.05, 4.69) is 41.0 Å². The van der Waals surface area contributed by atoms with Gasteiger partial charge in [0.25, 0.3) is 5.91 Å². The topological polar surface area (TPSA) is 54.5 Å². The molecule has 1 saturated heterocycles. The van der Waals surface area contributed by atoms with Gasteiger partial charge in [0.05, 0.1) is 11.1 Å². The van der Waals surface area contributed by atoms with Gasteiger partial charge in [0.15, 0.2) is 0 Å². The molecule has 0 spiro atoms. The van der Waals surface area contributed by atoms with Gasteiger partial charge >= 0.3 is 0 Å². The van der Waals surface area contributed by atoms with Gasteiger partial charge in [-0.2, -0.15) is 0 Å². The summed E-state index contributed by atoms with van der Waals surface area (Å²) in [7, 11) is 2.14. The number of carbonyl (C=O) groups excluding carboxylic acids is 1. The highest BCUT2D eigenvalue weighted by Gasteiger charge is 2.47. The molecule has 33 heavy (non-hydrogen) atoms. The molecule has 3 aromatic rings. The maximum Gasteiger partial charge on any atom is 0.252 e. The first kappa shape index (κ1) is 21.7. The lowest BCUT2D eigenvalue weighted by atomic mass is 9.95. The second-order valence-electron chi connectivity index (χ2n) is 9.44. The number of benzene rings is 2. The van der Waals surface area contributed by atoms with Crippen LogP contribution >= 0.6 is 0 Å². The number of rotatable bonds is 7. The Balaban J connectivity index is 1.39. The maximum atomic E-state index is 13.4. The third-order valence-corrected chi connectivity index (χ3v) is 7.16. The molecule has 1 atom stereocenters. The molecule has 5 heteroatoms. The van der Waals surface area contributed by atoms with Crippen molar-refractivity contribution in [3.63, 3.8) is 0 Å². The Labute approximate surface area is 195 Å². The minimum absolute atomic E-state index is 0.0607. The van der Waals surface area contributed by atoms with Crippen molar-refractivity contribution in [1.29, 1.82) is 0 Å². The molecular formula is C28H31N3O2. The average Bonchev–Trinajstić information content (AvgIpc) is 3.49. The summed E-state index contributed by atoms with van der Waals surface area (Å²) >= 11 is 0. The molecule has 0 bridgehead atoms. The van der Waals surface area contributed by atoms with E-state index in [4.69, 9.17) is 4.74 Å². The van der Waals surface area contributed by atoms with E-state index in [9.17, 15) is 4.79 Å². The zero-order valence-electron chi connectivity index (χ0n) is 19.4. The van der Waals surface area contributed by atoms with Gasteiger partial charge in [0, 0.05) is 23.2 Å². The number of nitrogens with zero attached hydrogens (tertiary/aromatic N) is 2. The van der Waals surface area contributed by atoms with E-state index in [1.807, 2.05) is 43.3 Å². The van der Waals surface area contributed by atoms with Crippen molar-refractivity contribution >= 4 is 22.9 Å². The van der Waals surface area contributed by atoms with Crippen molar-refractivity contribution in [3.05, 3.63) is 77.5 Å². The van der Waals surface area contributed by atoms with Crippen molar-refractivity contribution in [2.45, 2.75) is 44.2 Å². The summed E-state index contributed by atoms with van der Waals surface area (Å²) in [5, 5.41) is 4.43. The van der Waals surface area contributed by atoms with Crippen LogP contribution in [0.1, 0.15) is 52.7 Å². The zero-order valence-corrected chi connectivity index (χ0v) is 19.4. The van der Waals surface area contributed by atoms with Crippen molar-refractivity contribution in [3.8, 4) is 5.75 Å². The first-order chi connectivity index (χ1) is 16.0. The molecule has 0 radical (unpaired) electrons. The van der Waals surface area contributed by atoms with Crippen LogP contribution in [0.4, 0.5) is 0 Å². The zero-order chi connectivity index (χ0) is 23.0. The van der Waals surface area contributed by atoms with Crippen molar-refractivity contribution in [2.75, 3.05) is 20.2 Å². The summed E-state index contributed by atoms with van der Waals surface area (Å²) in [6.45, 7) is 7.67. The fourth-order valence-corrected chi connectivity index (χ4v) is 4.91. The third kappa shape index (κ3) is 4.25. The Morgan fingerprint density at radius 1 is 1.30 bits per heavy atom. The minimum atomic E-state index is -0.368. The molecule has 1 N–H and O–H groups in total. The fourth-order valence-electron chi connectivity index (χ4n) is 4.91. The Hall–Kier alpha value is -3.18. The number of ether oxygens (including phenoxy) is 1. The lowest BCUT2D eigenvalue weighted by molar-refractivity contribution is 0.0930. The minimum Gasteiger partial charge on any atom is -0.492 e. The number of nitrogens with one attached hydrogen (secondary N) is 1. The number of amides is 1. The number of aromatic nitrogens is 1. The van der Waals surface area contributed by atoms with Gasteiger partial charge in [-0.3, -0.25) is 9.78 Å². The van der Waals surface area contributed by atoms with E-state index >= 15 is 0 Å². The SMILES string of the molecule is C=Cc1cc(C2(NC(=O)c3cc(OCC4CCCN4C)ccc3C)CC2)c2cccnc2c1. The average molecular weight is 442 g/mol. The predicted molar refractivity (Wildman–Crippen MR) is 133 cm³/mol. The van der Waals surface area contributed by atoms with Crippen LogP contribution in [0.2, 0.25) is 0 Å². The molecule has 1 aliphatic carbocycles. The van der Waals surface area contributed by atoms with Gasteiger partial charge in [-0.15, -0.1) is 0 Å². The second kappa shape index (κ2) is 8.64. The Kier molecular flexibility index (Phi) is 5.67. The van der Waals surface area contributed by atoms with Crippen molar-refractivity contribution < 1.29 is 9.53 Å². The monoisotopic (exact) mass is 441 g/mol. The lowest BCUT2D eigenvalue weighted by Gasteiger charge is -2.22. The summed E-state index contributed by atoms with van der Waals surface area (Å²) < 4.78 is 6.08. The van der Waals surface area contributed by atoms with Gasteiger partial charge in [0.1, 0.15) is 12.4 Å². The quantitative estimate of drug-likeness (QED) is 0.556. The van der Waals surface area contributed by atoms with Crippen LogP contribution in [0.5, 0.6) is 5.75 Å². The highest BCUT2D eigenvalue weighted by Crippen LogP contribution is 2.48.